The van der Waals surface area contributed by atoms with Crippen LogP contribution in [0.25, 0.3) is 0 Å². The van der Waals surface area contributed by atoms with Crippen LogP contribution in [0.2, 0.25) is 0 Å². The van der Waals surface area contributed by atoms with E-state index in [-0.39, 0.29) is 0 Å². The van der Waals surface area contributed by atoms with Crippen LogP contribution >= 0.6 is 24.4 Å². The first kappa shape index (κ1) is 12.0. The van der Waals surface area contributed by atoms with Gasteiger partial charge in [-0.05, 0) is 17.1 Å². The van der Waals surface area contributed by atoms with Gasteiger partial charge in [0.2, 0.25) is 0 Å². The van der Waals surface area contributed by atoms with Crippen LogP contribution in [0.3, 0.4) is 0 Å². The lowest BCUT2D eigenvalue weighted by Gasteiger charge is -2.28. The van der Waals surface area contributed by atoms with Crippen molar-refractivity contribution in [1.82, 2.24) is 9.97 Å². The highest BCUT2D eigenvalue weighted by atomic mass is 32.2. The molecule has 0 radical (unpaired) electrons. The van der Waals surface area contributed by atoms with Crippen molar-refractivity contribution in [3.63, 3.8) is 0 Å². The molecule has 1 rings (SSSR count). The van der Waals surface area contributed by atoms with Crippen LogP contribution in [0.1, 0.15) is 20.8 Å². The van der Waals surface area contributed by atoms with E-state index in [9.17, 15) is 0 Å². The lowest BCUT2D eigenvalue weighted by atomic mass is 9.83. The maximum Gasteiger partial charge on any atom is 0.165 e. The monoisotopic (exact) mass is 230 g/mol. The molecular weight excluding hydrogens is 212 g/mol. The van der Waals surface area contributed by atoms with Crippen LogP contribution < -0.4 is 0 Å². The van der Waals surface area contributed by atoms with Crippen molar-refractivity contribution in [3.05, 3.63) is 12.4 Å². The molecule has 4 heteroatoms. The minimum atomic E-state index is 0.321. The van der Waals surface area contributed by atoms with Gasteiger partial charge in [0.15, 0.2) is 5.16 Å². The zero-order valence-electron chi connectivity index (χ0n) is 8.95. The number of hydrogen-bond acceptors (Lipinski definition) is 3. The van der Waals surface area contributed by atoms with Crippen LogP contribution in [0.15, 0.2) is 17.6 Å². The number of hydrogen-bond donors (Lipinski definition) is 2. The number of H-pyrrole nitrogens is 1. The van der Waals surface area contributed by atoms with Crippen LogP contribution in [-0.2, 0) is 0 Å². The molecule has 0 aliphatic heterocycles. The Morgan fingerprint density at radius 2 is 2.29 bits per heavy atom. The molecule has 0 amide bonds. The number of thiol groups is 1. The Kier molecular flexibility index (Phi) is 4.38. The highest BCUT2D eigenvalue weighted by Gasteiger charge is 2.23. The molecule has 0 bridgehead atoms. The second kappa shape index (κ2) is 5.12. The van der Waals surface area contributed by atoms with E-state index in [1.54, 1.807) is 18.0 Å². The molecule has 0 saturated heterocycles. The van der Waals surface area contributed by atoms with Gasteiger partial charge in [-0.25, -0.2) is 4.98 Å². The Hall–Kier alpha value is -0.0900. The zero-order valence-corrected chi connectivity index (χ0v) is 10.7. The lowest BCUT2D eigenvalue weighted by molar-refractivity contribution is 0.294. The van der Waals surface area contributed by atoms with E-state index in [0.29, 0.717) is 11.3 Å². The number of aromatic amines is 1. The topological polar surface area (TPSA) is 28.7 Å². The molecule has 1 aromatic rings. The largest absolute Gasteiger partial charge is 0.340 e. The molecule has 1 N–H and O–H groups in total. The van der Waals surface area contributed by atoms with Gasteiger partial charge in [0.1, 0.15) is 0 Å². The highest BCUT2D eigenvalue weighted by Crippen LogP contribution is 2.31. The molecule has 1 heterocycles. The predicted molar refractivity (Wildman–Crippen MR) is 66.1 cm³/mol. The number of nitrogens with zero attached hydrogens (tertiary/aromatic N) is 1. The quantitative estimate of drug-likeness (QED) is 0.615. The van der Waals surface area contributed by atoms with Crippen molar-refractivity contribution in [1.29, 1.82) is 0 Å². The summed E-state index contributed by atoms with van der Waals surface area (Å²) < 4.78 is 0. The fourth-order valence-electron chi connectivity index (χ4n) is 1.09. The molecular formula is C10H18N2S2. The lowest BCUT2D eigenvalue weighted by Crippen LogP contribution is -2.24. The summed E-state index contributed by atoms with van der Waals surface area (Å²) in [6.45, 7) is 6.78. The first-order chi connectivity index (χ1) is 6.54. The molecule has 0 fully saturated rings. The molecule has 2 nitrogen and oxygen atoms in total. The minimum Gasteiger partial charge on any atom is -0.340 e. The first-order valence-corrected chi connectivity index (χ1v) is 6.39. The number of imidazole rings is 1. The second-order valence-electron chi connectivity index (χ2n) is 4.45. The minimum absolute atomic E-state index is 0.321. The van der Waals surface area contributed by atoms with Gasteiger partial charge >= 0.3 is 0 Å². The van der Waals surface area contributed by atoms with E-state index < -0.39 is 0 Å². The molecule has 1 unspecified atom stereocenters. The van der Waals surface area contributed by atoms with Gasteiger partial charge < -0.3 is 4.98 Å². The Bertz CT molecular complexity index is 252. The van der Waals surface area contributed by atoms with Gasteiger partial charge in [-0.3, -0.25) is 0 Å². The number of aromatic nitrogens is 2. The van der Waals surface area contributed by atoms with Crippen molar-refractivity contribution in [2.45, 2.75) is 25.9 Å². The Labute approximate surface area is 95.7 Å². The van der Waals surface area contributed by atoms with E-state index in [0.717, 1.165) is 16.7 Å². The van der Waals surface area contributed by atoms with Crippen LogP contribution in [0.4, 0.5) is 0 Å². The smallest absolute Gasteiger partial charge is 0.165 e. The van der Waals surface area contributed by atoms with Gasteiger partial charge in [-0.1, -0.05) is 32.5 Å². The summed E-state index contributed by atoms with van der Waals surface area (Å²) in [7, 11) is 0. The summed E-state index contributed by atoms with van der Waals surface area (Å²) in [6.07, 6.45) is 3.64. The van der Waals surface area contributed by atoms with Gasteiger partial charge in [0, 0.05) is 18.1 Å². The van der Waals surface area contributed by atoms with Crippen LogP contribution in [0, 0.1) is 11.3 Å². The number of nitrogens with one attached hydrogen (secondary N) is 1. The maximum atomic E-state index is 4.40. The van der Waals surface area contributed by atoms with Gasteiger partial charge in [0.25, 0.3) is 0 Å². The second-order valence-corrected chi connectivity index (χ2v) is 5.82. The normalized spacial score (nSPS) is 14.3. The predicted octanol–water partition coefficient (Wildman–Crippen LogP) is 3.09. The van der Waals surface area contributed by atoms with E-state index in [2.05, 4.69) is 43.4 Å². The SMILES string of the molecule is CC(C)(C)C(CS)CSc1ncc[nH]1. The Morgan fingerprint density at radius 1 is 1.57 bits per heavy atom. The molecule has 14 heavy (non-hydrogen) atoms. The van der Waals surface area contributed by atoms with E-state index in [1.165, 1.54) is 0 Å². The first-order valence-electron chi connectivity index (χ1n) is 4.77. The van der Waals surface area contributed by atoms with E-state index in [4.69, 9.17) is 0 Å². The van der Waals surface area contributed by atoms with Crippen molar-refractivity contribution in [2.75, 3.05) is 11.5 Å². The summed E-state index contributed by atoms with van der Waals surface area (Å²) in [5.41, 5.74) is 0.321. The standard InChI is InChI=1S/C10H18N2S2/c1-10(2,3)8(6-13)7-14-9-11-4-5-12-9/h4-5,8,13H,6-7H2,1-3H3,(H,11,12). The van der Waals surface area contributed by atoms with E-state index >= 15 is 0 Å². The third-order valence-corrected chi connectivity index (χ3v) is 3.85. The molecule has 0 saturated carbocycles. The summed E-state index contributed by atoms with van der Waals surface area (Å²) in [6, 6.07) is 0. The zero-order chi connectivity index (χ0) is 10.6. The third kappa shape index (κ3) is 3.58. The average Bonchev–Trinajstić information content (AvgIpc) is 2.55. The molecule has 0 aliphatic rings. The summed E-state index contributed by atoms with van der Waals surface area (Å²) >= 11 is 6.17. The van der Waals surface area contributed by atoms with Crippen molar-refractivity contribution in [2.24, 2.45) is 11.3 Å². The van der Waals surface area contributed by atoms with Crippen molar-refractivity contribution in [3.8, 4) is 0 Å². The van der Waals surface area contributed by atoms with Crippen molar-refractivity contribution >= 4 is 24.4 Å². The summed E-state index contributed by atoms with van der Waals surface area (Å²) in [5.74, 6) is 2.61. The Balaban J connectivity index is 2.43. The molecule has 1 atom stereocenters. The summed E-state index contributed by atoms with van der Waals surface area (Å²) in [5, 5.41) is 1.00. The van der Waals surface area contributed by atoms with Crippen LogP contribution in [-0.4, -0.2) is 21.5 Å². The Morgan fingerprint density at radius 3 is 2.71 bits per heavy atom. The fourth-order valence-corrected chi connectivity index (χ4v) is 3.20. The fraction of sp³-hybridized carbons (Fsp3) is 0.700. The van der Waals surface area contributed by atoms with Gasteiger partial charge in [0.05, 0.1) is 0 Å². The number of thioether (sulfide) groups is 1. The van der Waals surface area contributed by atoms with E-state index in [1.807, 2.05) is 6.20 Å². The summed E-state index contributed by atoms with van der Waals surface area (Å²) in [4.78, 5) is 7.28. The van der Waals surface area contributed by atoms with Gasteiger partial charge in [-0.2, -0.15) is 12.6 Å². The number of rotatable bonds is 4. The highest BCUT2D eigenvalue weighted by molar-refractivity contribution is 7.99. The molecule has 0 aromatic carbocycles. The van der Waals surface area contributed by atoms with Gasteiger partial charge in [-0.15, -0.1) is 0 Å². The van der Waals surface area contributed by atoms with Crippen molar-refractivity contribution < 1.29 is 0 Å². The average molecular weight is 230 g/mol. The molecule has 80 valence electrons. The maximum absolute atomic E-state index is 4.40. The third-order valence-electron chi connectivity index (χ3n) is 2.34. The molecule has 1 aromatic heterocycles. The molecule has 0 aliphatic carbocycles. The molecule has 0 spiro atoms. The van der Waals surface area contributed by atoms with Crippen LogP contribution in [0.5, 0.6) is 0 Å².